The molecule has 1 saturated heterocycles. The third-order valence-electron chi connectivity index (χ3n) is 3.18. The number of hydrazine groups is 1. The second-order valence-electron chi connectivity index (χ2n) is 4.63. The van der Waals surface area contributed by atoms with Crippen LogP contribution >= 0.6 is 11.6 Å². The van der Waals surface area contributed by atoms with E-state index >= 15 is 0 Å². The van der Waals surface area contributed by atoms with Gasteiger partial charge in [-0.05, 0) is 18.2 Å². The van der Waals surface area contributed by atoms with Gasteiger partial charge in [0, 0.05) is 18.7 Å². The molecule has 0 atom stereocenters. The molecule has 1 aromatic rings. The fourth-order valence-corrected chi connectivity index (χ4v) is 1.99. The Hall–Kier alpha value is -2.19. The number of hydrogen-bond acceptors (Lipinski definition) is 6. The molecule has 1 aliphatic heterocycles. The molecule has 0 spiro atoms. The number of carbonyl (C=O) groups excluding carboxylic acids is 1. The molecule has 1 fully saturated rings. The standard InChI is InChI=1S/C12H17ClN6O2/c1-21-12(20)18-5-8(6-18)19(16)17-11(15)7-2-3-9(13)10(14)4-7/h2-4,8H,5-6,14,16H2,1H3,(H2,15,17). The van der Waals surface area contributed by atoms with Crippen molar-refractivity contribution in [3.8, 4) is 0 Å². The van der Waals surface area contributed by atoms with E-state index in [4.69, 9.17) is 28.9 Å². The number of ether oxygens (including phenoxy) is 1. The number of nitrogens with two attached hydrogens (primary N) is 3. The van der Waals surface area contributed by atoms with Gasteiger partial charge in [0.15, 0.2) is 5.84 Å². The summed E-state index contributed by atoms with van der Waals surface area (Å²) in [7, 11) is 1.33. The number of benzene rings is 1. The number of nitrogens with zero attached hydrogens (tertiary/aromatic N) is 3. The lowest BCUT2D eigenvalue weighted by molar-refractivity contribution is 0.0301. The lowest BCUT2D eigenvalue weighted by Crippen LogP contribution is -2.61. The molecule has 114 valence electrons. The zero-order valence-electron chi connectivity index (χ0n) is 11.5. The minimum Gasteiger partial charge on any atom is -0.453 e. The smallest absolute Gasteiger partial charge is 0.409 e. The van der Waals surface area contributed by atoms with E-state index < -0.39 is 0 Å². The molecular weight excluding hydrogens is 296 g/mol. The van der Waals surface area contributed by atoms with Crippen molar-refractivity contribution < 1.29 is 9.53 Å². The fraction of sp³-hybridized carbons (Fsp3) is 0.333. The summed E-state index contributed by atoms with van der Waals surface area (Å²) in [6, 6.07) is 4.86. The van der Waals surface area contributed by atoms with Crippen LogP contribution in [0.4, 0.5) is 10.5 Å². The molecule has 1 aromatic carbocycles. The van der Waals surface area contributed by atoms with E-state index in [0.29, 0.717) is 29.4 Å². The predicted octanol–water partition coefficient (Wildman–Crippen LogP) is 0.169. The van der Waals surface area contributed by atoms with E-state index in [-0.39, 0.29) is 18.0 Å². The number of amides is 1. The second kappa shape index (κ2) is 6.06. The number of hydrogen-bond donors (Lipinski definition) is 3. The normalized spacial score (nSPS) is 15.6. The third kappa shape index (κ3) is 3.29. The van der Waals surface area contributed by atoms with Crippen molar-refractivity contribution in [3.05, 3.63) is 28.8 Å². The number of nitrogen functional groups attached to an aromatic ring is 1. The number of halogens is 1. The van der Waals surface area contributed by atoms with E-state index in [2.05, 4.69) is 9.84 Å². The van der Waals surface area contributed by atoms with Crippen LogP contribution in [-0.4, -0.2) is 48.2 Å². The third-order valence-corrected chi connectivity index (χ3v) is 3.53. The van der Waals surface area contributed by atoms with Crippen LogP contribution in [0.5, 0.6) is 0 Å². The molecule has 0 bridgehead atoms. The van der Waals surface area contributed by atoms with Gasteiger partial charge in [-0.3, -0.25) is 0 Å². The molecule has 2 rings (SSSR count). The van der Waals surface area contributed by atoms with Gasteiger partial charge in [0.25, 0.3) is 0 Å². The zero-order chi connectivity index (χ0) is 15.6. The maximum atomic E-state index is 11.2. The molecule has 1 amide bonds. The topological polar surface area (TPSA) is 123 Å². The first-order valence-corrected chi connectivity index (χ1v) is 6.56. The van der Waals surface area contributed by atoms with E-state index in [1.807, 2.05) is 0 Å². The molecule has 21 heavy (non-hydrogen) atoms. The number of likely N-dealkylation sites (tertiary alicyclic amines) is 1. The van der Waals surface area contributed by atoms with Crippen molar-refractivity contribution in [3.63, 3.8) is 0 Å². The summed E-state index contributed by atoms with van der Waals surface area (Å²) in [5.74, 6) is 6.04. The van der Waals surface area contributed by atoms with Crippen LogP contribution in [0.3, 0.4) is 0 Å². The molecule has 9 heteroatoms. The lowest BCUT2D eigenvalue weighted by atomic mass is 10.1. The Balaban J connectivity index is 1.99. The van der Waals surface area contributed by atoms with Crippen molar-refractivity contribution in [2.45, 2.75) is 6.04 Å². The Kier molecular flexibility index (Phi) is 4.39. The van der Waals surface area contributed by atoms with Gasteiger partial charge in [0.2, 0.25) is 0 Å². The summed E-state index contributed by atoms with van der Waals surface area (Å²) in [5, 5.41) is 5.77. The number of methoxy groups -OCH3 is 1. The molecule has 0 saturated carbocycles. The average Bonchev–Trinajstić information content (AvgIpc) is 2.39. The molecule has 0 aliphatic carbocycles. The molecule has 6 N–H and O–H groups in total. The maximum absolute atomic E-state index is 11.2. The van der Waals surface area contributed by atoms with Crippen LogP contribution in [0.15, 0.2) is 23.3 Å². The summed E-state index contributed by atoms with van der Waals surface area (Å²) in [5.41, 5.74) is 12.6. The zero-order valence-corrected chi connectivity index (χ0v) is 12.2. The summed E-state index contributed by atoms with van der Waals surface area (Å²) < 4.78 is 4.60. The highest BCUT2D eigenvalue weighted by Crippen LogP contribution is 2.20. The Morgan fingerprint density at radius 3 is 2.76 bits per heavy atom. The monoisotopic (exact) mass is 312 g/mol. The van der Waals surface area contributed by atoms with E-state index in [1.165, 1.54) is 17.1 Å². The summed E-state index contributed by atoms with van der Waals surface area (Å²) in [6.07, 6.45) is -0.387. The summed E-state index contributed by atoms with van der Waals surface area (Å²) >= 11 is 5.84. The minimum atomic E-state index is -0.387. The van der Waals surface area contributed by atoms with Crippen LogP contribution in [0.1, 0.15) is 5.56 Å². The van der Waals surface area contributed by atoms with Gasteiger partial charge in [0.05, 0.1) is 23.9 Å². The highest BCUT2D eigenvalue weighted by Gasteiger charge is 2.34. The molecule has 1 heterocycles. The van der Waals surface area contributed by atoms with Crippen molar-refractivity contribution in [2.75, 3.05) is 25.9 Å². The van der Waals surface area contributed by atoms with Crippen molar-refractivity contribution in [2.24, 2.45) is 16.7 Å². The first kappa shape index (κ1) is 15.2. The molecule has 0 radical (unpaired) electrons. The van der Waals surface area contributed by atoms with Gasteiger partial charge >= 0.3 is 6.09 Å². The van der Waals surface area contributed by atoms with E-state index in [9.17, 15) is 4.79 Å². The van der Waals surface area contributed by atoms with Crippen LogP contribution in [-0.2, 0) is 4.74 Å². The van der Waals surface area contributed by atoms with Gasteiger partial charge in [-0.25, -0.2) is 15.8 Å². The first-order chi connectivity index (χ1) is 9.92. The van der Waals surface area contributed by atoms with Crippen molar-refractivity contribution in [1.29, 1.82) is 0 Å². The summed E-state index contributed by atoms with van der Waals surface area (Å²) in [6.45, 7) is 0.866. The predicted molar refractivity (Wildman–Crippen MR) is 80.4 cm³/mol. The Morgan fingerprint density at radius 1 is 1.52 bits per heavy atom. The Bertz CT molecular complexity index is 573. The van der Waals surface area contributed by atoms with Gasteiger partial charge < -0.3 is 21.1 Å². The van der Waals surface area contributed by atoms with Crippen molar-refractivity contribution in [1.82, 2.24) is 10.0 Å². The van der Waals surface area contributed by atoms with Gasteiger partial charge in [-0.15, -0.1) is 5.10 Å². The van der Waals surface area contributed by atoms with Gasteiger partial charge in [-0.1, -0.05) is 11.6 Å². The fourth-order valence-electron chi connectivity index (χ4n) is 1.87. The number of rotatable bonds is 3. The van der Waals surface area contributed by atoms with Crippen LogP contribution in [0.25, 0.3) is 0 Å². The van der Waals surface area contributed by atoms with Gasteiger partial charge in [0.1, 0.15) is 0 Å². The molecule has 0 aromatic heterocycles. The second-order valence-corrected chi connectivity index (χ2v) is 5.04. The highest BCUT2D eigenvalue weighted by atomic mass is 35.5. The number of hydrazone groups is 1. The molecule has 0 unspecified atom stereocenters. The average molecular weight is 313 g/mol. The Morgan fingerprint density at radius 2 is 2.19 bits per heavy atom. The van der Waals surface area contributed by atoms with E-state index in [0.717, 1.165) is 0 Å². The quantitative estimate of drug-likeness (QED) is 0.240. The first-order valence-electron chi connectivity index (χ1n) is 6.18. The van der Waals surface area contributed by atoms with E-state index in [1.54, 1.807) is 18.2 Å². The molecule has 1 aliphatic rings. The van der Waals surface area contributed by atoms with Crippen LogP contribution in [0.2, 0.25) is 5.02 Å². The maximum Gasteiger partial charge on any atom is 0.409 e. The van der Waals surface area contributed by atoms with Gasteiger partial charge in [-0.2, -0.15) is 0 Å². The highest BCUT2D eigenvalue weighted by molar-refractivity contribution is 6.33. The number of amidine groups is 1. The van der Waals surface area contributed by atoms with Crippen LogP contribution in [0, 0.1) is 0 Å². The Labute approximate surface area is 127 Å². The number of carbonyl (C=O) groups is 1. The van der Waals surface area contributed by atoms with Crippen LogP contribution < -0.4 is 17.3 Å². The minimum absolute atomic E-state index is 0.104. The largest absolute Gasteiger partial charge is 0.453 e. The SMILES string of the molecule is COC(=O)N1CC(N(N)/N=C(\N)c2ccc(Cl)c(N)c2)C1. The number of anilines is 1. The van der Waals surface area contributed by atoms with Crippen molar-refractivity contribution >= 4 is 29.2 Å². The molecular formula is C12H17ClN6O2. The molecule has 8 nitrogen and oxygen atoms in total. The summed E-state index contributed by atoms with van der Waals surface area (Å²) in [4.78, 5) is 12.7. The lowest BCUT2D eigenvalue weighted by Gasteiger charge is -2.40.